The highest BCUT2D eigenvalue weighted by Crippen LogP contribution is 2.15. The van der Waals surface area contributed by atoms with Gasteiger partial charge in [-0.1, -0.05) is 44.7 Å². The molecule has 2 rings (SSSR count). The van der Waals surface area contributed by atoms with Crippen molar-refractivity contribution in [2.75, 3.05) is 45.9 Å². The van der Waals surface area contributed by atoms with Gasteiger partial charge in [0.2, 0.25) is 0 Å². The van der Waals surface area contributed by atoms with Gasteiger partial charge in [0.05, 0.1) is 6.61 Å². The highest BCUT2D eigenvalue weighted by atomic mass is 16.5. The van der Waals surface area contributed by atoms with Gasteiger partial charge in [0.1, 0.15) is 5.75 Å². The number of ether oxygens (including phenoxy) is 1. The lowest BCUT2D eigenvalue weighted by atomic mass is 10.1. The van der Waals surface area contributed by atoms with Crippen molar-refractivity contribution in [3.63, 3.8) is 0 Å². The molecule has 0 amide bonds. The summed E-state index contributed by atoms with van der Waals surface area (Å²) in [6, 6.07) is 8.68. The van der Waals surface area contributed by atoms with Gasteiger partial charge < -0.3 is 15.4 Å². The zero-order valence-corrected chi connectivity index (χ0v) is 16.1. The van der Waals surface area contributed by atoms with Gasteiger partial charge in [-0.25, -0.2) is 0 Å². The summed E-state index contributed by atoms with van der Waals surface area (Å²) in [5, 5.41) is 0. The Morgan fingerprint density at radius 1 is 0.880 bits per heavy atom. The number of rotatable bonds is 12. The van der Waals surface area contributed by atoms with Crippen LogP contribution in [-0.4, -0.2) is 55.7 Å². The van der Waals surface area contributed by atoms with E-state index in [-0.39, 0.29) is 0 Å². The van der Waals surface area contributed by atoms with Crippen LogP contribution in [0.5, 0.6) is 5.75 Å². The van der Waals surface area contributed by atoms with Crippen molar-refractivity contribution >= 4 is 0 Å². The molecule has 142 valence electrons. The molecule has 1 aromatic carbocycles. The average molecular weight is 348 g/mol. The Kier molecular flexibility index (Phi) is 9.93. The SMILES string of the molecule is CCCCCCCOc1ccc(CN2CCN(CCCN)CC2)cc1. The molecule has 0 aromatic heterocycles. The third-order valence-electron chi connectivity index (χ3n) is 4.99. The molecule has 0 radical (unpaired) electrons. The first-order valence-corrected chi connectivity index (χ1v) is 10.2. The Morgan fingerprint density at radius 3 is 2.24 bits per heavy atom. The van der Waals surface area contributed by atoms with Crippen molar-refractivity contribution in [1.29, 1.82) is 0 Å². The van der Waals surface area contributed by atoms with E-state index in [1.54, 1.807) is 0 Å². The minimum Gasteiger partial charge on any atom is -0.494 e. The summed E-state index contributed by atoms with van der Waals surface area (Å²) >= 11 is 0. The normalized spacial score (nSPS) is 16.2. The fourth-order valence-corrected chi connectivity index (χ4v) is 3.33. The molecule has 0 unspecified atom stereocenters. The van der Waals surface area contributed by atoms with Gasteiger partial charge >= 0.3 is 0 Å². The predicted molar refractivity (Wildman–Crippen MR) is 106 cm³/mol. The molecule has 2 N–H and O–H groups in total. The largest absolute Gasteiger partial charge is 0.494 e. The molecular weight excluding hydrogens is 310 g/mol. The van der Waals surface area contributed by atoms with Crippen LogP contribution in [0.25, 0.3) is 0 Å². The third kappa shape index (κ3) is 8.21. The van der Waals surface area contributed by atoms with Gasteiger partial charge in [-0.3, -0.25) is 4.90 Å². The highest BCUT2D eigenvalue weighted by Gasteiger charge is 2.16. The maximum absolute atomic E-state index is 5.85. The molecule has 0 saturated carbocycles. The zero-order valence-electron chi connectivity index (χ0n) is 16.1. The molecule has 0 atom stereocenters. The lowest BCUT2D eigenvalue weighted by molar-refractivity contribution is 0.126. The minimum absolute atomic E-state index is 0.799. The third-order valence-corrected chi connectivity index (χ3v) is 4.99. The van der Waals surface area contributed by atoms with Gasteiger partial charge in [-0.15, -0.1) is 0 Å². The van der Waals surface area contributed by atoms with Gasteiger partial charge in [0, 0.05) is 32.7 Å². The standard InChI is InChI=1S/C21H37N3O/c1-2-3-4-5-6-18-25-21-10-8-20(9-11-21)19-24-16-14-23(15-17-24)13-7-12-22/h8-11H,2-7,12-19,22H2,1H3. The molecular formula is C21H37N3O. The number of unbranched alkanes of at least 4 members (excludes halogenated alkanes) is 4. The van der Waals surface area contributed by atoms with Crippen molar-refractivity contribution in [3.8, 4) is 5.75 Å². The van der Waals surface area contributed by atoms with Crippen LogP contribution in [0.4, 0.5) is 0 Å². The topological polar surface area (TPSA) is 41.7 Å². The molecule has 1 aromatic rings. The van der Waals surface area contributed by atoms with Crippen LogP contribution < -0.4 is 10.5 Å². The van der Waals surface area contributed by atoms with Crippen LogP contribution in [0.2, 0.25) is 0 Å². The molecule has 1 saturated heterocycles. The van der Waals surface area contributed by atoms with E-state index in [1.807, 2.05) is 0 Å². The quantitative estimate of drug-likeness (QED) is 0.588. The van der Waals surface area contributed by atoms with Crippen LogP contribution in [-0.2, 0) is 6.54 Å². The van der Waals surface area contributed by atoms with Crippen LogP contribution in [0.15, 0.2) is 24.3 Å². The summed E-state index contributed by atoms with van der Waals surface area (Å²) in [5.74, 6) is 1.01. The summed E-state index contributed by atoms with van der Waals surface area (Å²) in [5.41, 5.74) is 6.98. The van der Waals surface area contributed by atoms with Crippen LogP contribution in [0.1, 0.15) is 51.0 Å². The van der Waals surface area contributed by atoms with E-state index >= 15 is 0 Å². The van der Waals surface area contributed by atoms with E-state index in [4.69, 9.17) is 10.5 Å². The first-order valence-electron chi connectivity index (χ1n) is 10.2. The molecule has 25 heavy (non-hydrogen) atoms. The van der Waals surface area contributed by atoms with Crippen molar-refractivity contribution in [3.05, 3.63) is 29.8 Å². The monoisotopic (exact) mass is 347 g/mol. The van der Waals surface area contributed by atoms with Crippen molar-refractivity contribution in [2.24, 2.45) is 5.73 Å². The molecule has 1 aliphatic rings. The number of piperazine rings is 1. The number of benzene rings is 1. The number of nitrogens with two attached hydrogens (primary N) is 1. The smallest absolute Gasteiger partial charge is 0.119 e. The molecule has 4 nitrogen and oxygen atoms in total. The van der Waals surface area contributed by atoms with E-state index < -0.39 is 0 Å². The second-order valence-electron chi connectivity index (χ2n) is 7.17. The first kappa shape index (κ1) is 20.2. The van der Waals surface area contributed by atoms with E-state index in [9.17, 15) is 0 Å². The van der Waals surface area contributed by atoms with E-state index in [0.29, 0.717) is 0 Å². The van der Waals surface area contributed by atoms with Crippen molar-refractivity contribution < 1.29 is 4.74 Å². The van der Waals surface area contributed by atoms with Crippen LogP contribution in [0, 0.1) is 0 Å². The maximum atomic E-state index is 5.85. The molecule has 4 heteroatoms. The van der Waals surface area contributed by atoms with Gasteiger partial charge in [0.15, 0.2) is 0 Å². The van der Waals surface area contributed by atoms with Crippen molar-refractivity contribution in [2.45, 2.75) is 52.0 Å². The zero-order chi connectivity index (χ0) is 17.7. The maximum Gasteiger partial charge on any atom is 0.119 e. The Labute approximate surface area is 154 Å². The number of hydrogen-bond acceptors (Lipinski definition) is 4. The molecule has 0 bridgehead atoms. The minimum atomic E-state index is 0.799. The molecule has 1 heterocycles. The highest BCUT2D eigenvalue weighted by molar-refractivity contribution is 5.27. The second kappa shape index (κ2) is 12.3. The van der Waals surface area contributed by atoms with Gasteiger partial charge in [0.25, 0.3) is 0 Å². The van der Waals surface area contributed by atoms with Gasteiger partial charge in [-0.2, -0.15) is 0 Å². The Balaban J connectivity index is 1.62. The predicted octanol–water partition coefficient (Wildman–Crippen LogP) is 3.50. The fourth-order valence-electron chi connectivity index (χ4n) is 3.33. The summed E-state index contributed by atoms with van der Waals surface area (Å²) in [6.45, 7) is 10.7. The van der Waals surface area contributed by atoms with E-state index in [0.717, 1.165) is 57.9 Å². The average Bonchev–Trinajstić information content (AvgIpc) is 2.65. The van der Waals surface area contributed by atoms with E-state index in [1.165, 1.54) is 44.3 Å². The molecule has 0 aliphatic carbocycles. The fraction of sp³-hybridized carbons (Fsp3) is 0.714. The molecule has 1 fully saturated rings. The first-order chi connectivity index (χ1) is 12.3. The number of hydrogen-bond donors (Lipinski definition) is 1. The van der Waals surface area contributed by atoms with E-state index in [2.05, 4.69) is 41.0 Å². The number of nitrogens with zero attached hydrogens (tertiary/aromatic N) is 2. The summed E-state index contributed by atoms with van der Waals surface area (Å²) in [6.07, 6.45) is 7.53. The Hall–Kier alpha value is -1.10. The Bertz CT molecular complexity index is 441. The summed E-state index contributed by atoms with van der Waals surface area (Å²) < 4.78 is 5.85. The molecule has 0 spiro atoms. The lowest BCUT2D eigenvalue weighted by Gasteiger charge is -2.34. The lowest BCUT2D eigenvalue weighted by Crippen LogP contribution is -2.46. The second-order valence-corrected chi connectivity index (χ2v) is 7.17. The van der Waals surface area contributed by atoms with Crippen molar-refractivity contribution in [1.82, 2.24) is 9.80 Å². The van der Waals surface area contributed by atoms with Crippen LogP contribution in [0.3, 0.4) is 0 Å². The molecule has 1 aliphatic heterocycles. The summed E-state index contributed by atoms with van der Waals surface area (Å²) in [4.78, 5) is 5.07. The Morgan fingerprint density at radius 2 is 1.56 bits per heavy atom. The van der Waals surface area contributed by atoms with Gasteiger partial charge in [-0.05, 0) is 43.6 Å². The summed E-state index contributed by atoms with van der Waals surface area (Å²) in [7, 11) is 0. The van der Waals surface area contributed by atoms with Crippen LogP contribution >= 0.6 is 0 Å².